The molecule has 2 aromatic heterocycles. The zero-order chi connectivity index (χ0) is 19.6. The number of nitrogens with zero attached hydrogens (tertiary/aromatic N) is 4. The summed E-state index contributed by atoms with van der Waals surface area (Å²) in [6.07, 6.45) is 0.182. The number of hydrogen-bond donors (Lipinski definition) is 1. The molecular weight excluding hydrogens is 356 g/mol. The maximum atomic E-state index is 11.7. The predicted octanol–water partition coefficient (Wildman–Crippen LogP) is 0.841. The summed E-state index contributed by atoms with van der Waals surface area (Å²) in [5, 5.41) is 17.0. The fourth-order valence-electron chi connectivity index (χ4n) is 2.96. The minimum absolute atomic E-state index is 0.0443. The zero-order valence-electron chi connectivity index (χ0n) is 15.2. The number of carbonyl (C=O) groups is 2. The maximum absolute atomic E-state index is 11.7. The van der Waals surface area contributed by atoms with Gasteiger partial charge in [-0.3, -0.25) is 4.79 Å². The molecular formula is C17H20N4O6. The topological polar surface area (TPSA) is 126 Å². The lowest BCUT2D eigenvalue weighted by molar-refractivity contribution is -0.152. The first-order valence-corrected chi connectivity index (χ1v) is 8.34. The van der Waals surface area contributed by atoms with E-state index in [0.717, 1.165) is 0 Å². The van der Waals surface area contributed by atoms with Gasteiger partial charge in [-0.05, 0) is 19.1 Å². The number of ether oxygens (including phenoxy) is 3. The van der Waals surface area contributed by atoms with E-state index in [0.29, 0.717) is 36.8 Å². The summed E-state index contributed by atoms with van der Waals surface area (Å²) in [6.45, 7) is 2.42. The molecule has 0 aliphatic carbocycles. The van der Waals surface area contributed by atoms with Gasteiger partial charge in [0.1, 0.15) is 17.5 Å². The van der Waals surface area contributed by atoms with E-state index in [-0.39, 0.29) is 29.4 Å². The number of carboxylic acids is 1. The van der Waals surface area contributed by atoms with Gasteiger partial charge in [0, 0.05) is 13.5 Å². The molecule has 1 fully saturated rings. The average molecular weight is 376 g/mol. The molecule has 1 aliphatic heterocycles. The van der Waals surface area contributed by atoms with Gasteiger partial charge in [-0.15, -0.1) is 5.10 Å². The van der Waals surface area contributed by atoms with E-state index in [2.05, 4.69) is 15.3 Å². The number of carboxylic acid groups (broad SMARTS) is 1. The summed E-state index contributed by atoms with van der Waals surface area (Å²) in [6, 6.07) is 3.32. The molecule has 27 heavy (non-hydrogen) atoms. The summed E-state index contributed by atoms with van der Waals surface area (Å²) in [5.41, 5.74) is 1.09. The number of carbonyl (C=O) groups excluding carboxylic acids is 1. The van der Waals surface area contributed by atoms with Crippen molar-refractivity contribution in [2.75, 3.05) is 20.3 Å². The van der Waals surface area contributed by atoms with Crippen molar-refractivity contribution in [1.29, 1.82) is 0 Å². The molecule has 0 aromatic carbocycles. The van der Waals surface area contributed by atoms with E-state index < -0.39 is 5.97 Å². The van der Waals surface area contributed by atoms with E-state index in [9.17, 15) is 14.7 Å². The van der Waals surface area contributed by atoms with Crippen LogP contribution in [-0.2, 0) is 21.3 Å². The van der Waals surface area contributed by atoms with Gasteiger partial charge in [0.2, 0.25) is 0 Å². The van der Waals surface area contributed by atoms with Gasteiger partial charge >= 0.3 is 11.9 Å². The van der Waals surface area contributed by atoms with Gasteiger partial charge in [-0.2, -0.15) is 0 Å². The van der Waals surface area contributed by atoms with Gasteiger partial charge < -0.3 is 19.3 Å². The summed E-state index contributed by atoms with van der Waals surface area (Å²) in [7, 11) is 2.85. The first-order valence-electron chi connectivity index (χ1n) is 8.34. The smallest absolute Gasteiger partial charge is 0.356 e. The van der Waals surface area contributed by atoms with Crippen molar-refractivity contribution >= 4 is 11.9 Å². The number of methoxy groups -OCH3 is 1. The van der Waals surface area contributed by atoms with Crippen LogP contribution in [0.15, 0.2) is 12.1 Å². The Hall–Kier alpha value is -3.01. The van der Waals surface area contributed by atoms with Crippen LogP contribution in [0.1, 0.15) is 22.6 Å². The quantitative estimate of drug-likeness (QED) is 0.755. The van der Waals surface area contributed by atoms with E-state index in [1.54, 1.807) is 19.1 Å². The molecule has 2 aromatic rings. The number of aromatic nitrogens is 4. The molecule has 0 spiro atoms. The minimum Gasteiger partial charge on any atom is -0.486 e. The van der Waals surface area contributed by atoms with Crippen LogP contribution in [0.3, 0.4) is 0 Å². The molecule has 144 valence electrons. The first-order chi connectivity index (χ1) is 12.9. The molecule has 1 N–H and O–H groups in total. The van der Waals surface area contributed by atoms with E-state index in [1.165, 1.54) is 18.8 Å². The summed E-state index contributed by atoms with van der Waals surface area (Å²) in [5.74, 6) is -1.29. The lowest BCUT2D eigenvalue weighted by Gasteiger charge is -2.28. The lowest BCUT2D eigenvalue weighted by atomic mass is 10.0. The van der Waals surface area contributed by atoms with Crippen molar-refractivity contribution in [2.24, 2.45) is 13.0 Å². The van der Waals surface area contributed by atoms with Crippen molar-refractivity contribution in [3.05, 3.63) is 23.5 Å². The Bertz CT molecular complexity index is 865. The van der Waals surface area contributed by atoms with Crippen LogP contribution in [-0.4, -0.2) is 63.5 Å². The second-order valence-electron chi connectivity index (χ2n) is 6.23. The van der Waals surface area contributed by atoms with Crippen LogP contribution in [0.5, 0.6) is 5.75 Å². The van der Waals surface area contributed by atoms with Crippen molar-refractivity contribution in [1.82, 2.24) is 20.0 Å². The number of pyridine rings is 1. The Morgan fingerprint density at radius 2 is 2.11 bits per heavy atom. The van der Waals surface area contributed by atoms with Crippen molar-refractivity contribution in [3.63, 3.8) is 0 Å². The number of hydrogen-bond acceptors (Lipinski definition) is 8. The zero-order valence-corrected chi connectivity index (χ0v) is 15.2. The number of aryl methyl sites for hydroxylation is 2. The second kappa shape index (κ2) is 7.70. The molecule has 0 radical (unpaired) electrons. The maximum Gasteiger partial charge on any atom is 0.356 e. The molecule has 0 bridgehead atoms. The molecule has 10 nitrogen and oxygen atoms in total. The fourth-order valence-corrected chi connectivity index (χ4v) is 2.96. The van der Waals surface area contributed by atoms with Crippen molar-refractivity contribution in [2.45, 2.75) is 19.4 Å². The number of aromatic carboxylic acids is 1. The van der Waals surface area contributed by atoms with Crippen LogP contribution < -0.4 is 4.74 Å². The molecule has 0 saturated carbocycles. The Labute approximate surface area is 155 Å². The summed E-state index contributed by atoms with van der Waals surface area (Å²) >= 11 is 0. The van der Waals surface area contributed by atoms with Gasteiger partial charge in [0.05, 0.1) is 37.6 Å². The van der Waals surface area contributed by atoms with Crippen LogP contribution in [0.4, 0.5) is 0 Å². The van der Waals surface area contributed by atoms with Gasteiger partial charge in [0.15, 0.2) is 5.69 Å². The molecule has 0 amide bonds. The predicted molar refractivity (Wildman–Crippen MR) is 91.3 cm³/mol. The first kappa shape index (κ1) is 18.8. The van der Waals surface area contributed by atoms with E-state index >= 15 is 0 Å². The highest BCUT2D eigenvalue weighted by atomic mass is 16.5. The van der Waals surface area contributed by atoms with Crippen LogP contribution >= 0.6 is 0 Å². The van der Waals surface area contributed by atoms with E-state index in [4.69, 9.17) is 14.2 Å². The highest BCUT2D eigenvalue weighted by Gasteiger charge is 2.30. The van der Waals surface area contributed by atoms with Crippen LogP contribution in [0.2, 0.25) is 0 Å². The fraction of sp³-hybridized carbons (Fsp3) is 0.471. The van der Waals surface area contributed by atoms with Crippen molar-refractivity contribution in [3.8, 4) is 17.1 Å². The third-order valence-electron chi connectivity index (χ3n) is 4.31. The van der Waals surface area contributed by atoms with Gasteiger partial charge in [0.25, 0.3) is 0 Å². The highest BCUT2D eigenvalue weighted by Crippen LogP contribution is 2.27. The molecule has 2 atom stereocenters. The highest BCUT2D eigenvalue weighted by molar-refractivity contribution is 5.92. The Balaban J connectivity index is 1.78. The monoisotopic (exact) mass is 376 g/mol. The number of rotatable bonds is 5. The molecule has 3 rings (SSSR count). The van der Waals surface area contributed by atoms with Gasteiger partial charge in [-0.25, -0.2) is 14.5 Å². The third-order valence-corrected chi connectivity index (χ3v) is 4.31. The molecule has 1 aliphatic rings. The Kier molecular flexibility index (Phi) is 5.36. The normalized spacial score (nSPS) is 19.5. The Morgan fingerprint density at radius 3 is 2.78 bits per heavy atom. The van der Waals surface area contributed by atoms with Gasteiger partial charge in [-0.1, -0.05) is 5.21 Å². The summed E-state index contributed by atoms with van der Waals surface area (Å²) in [4.78, 5) is 27.5. The lowest BCUT2D eigenvalue weighted by Crippen LogP contribution is -2.37. The minimum atomic E-state index is -1.13. The third kappa shape index (κ3) is 3.90. The molecule has 0 unspecified atom stereocenters. The molecule has 1 saturated heterocycles. The second-order valence-corrected chi connectivity index (χ2v) is 6.23. The largest absolute Gasteiger partial charge is 0.486 e. The van der Waals surface area contributed by atoms with Crippen molar-refractivity contribution < 1.29 is 28.9 Å². The number of esters is 1. The molecule has 3 heterocycles. The Morgan fingerprint density at radius 1 is 1.33 bits per heavy atom. The average Bonchev–Trinajstić information content (AvgIpc) is 3.04. The van der Waals surface area contributed by atoms with Crippen LogP contribution in [0.25, 0.3) is 11.4 Å². The molecule has 10 heteroatoms. The summed E-state index contributed by atoms with van der Waals surface area (Å²) < 4.78 is 17.3. The SMILES string of the molecule is COC(=O)[C@@H]1COC[C@@H](Oc2ccc(-c3nnn(C)c3C(=O)O)nc2C)C1. The standard InChI is InChI=1S/C17H20N4O6/c1-9-13(27-11-6-10(7-26-8-11)17(24)25-3)5-4-12(18-9)14-15(16(22)23)21(2)20-19-14/h4-5,10-11H,6-8H2,1-3H3,(H,22,23)/t10-,11-/m0/s1. The van der Waals surface area contributed by atoms with Crippen LogP contribution in [0, 0.1) is 12.8 Å². The van der Waals surface area contributed by atoms with E-state index in [1.807, 2.05) is 0 Å².